The Morgan fingerprint density at radius 3 is 2.26 bits per heavy atom. The van der Waals surface area contributed by atoms with E-state index in [2.05, 4.69) is 10.4 Å². The topological polar surface area (TPSA) is 174 Å². The summed E-state index contributed by atoms with van der Waals surface area (Å²) in [5.41, 5.74) is 17.2. The lowest BCUT2D eigenvalue weighted by atomic mass is 10.0. The van der Waals surface area contributed by atoms with E-state index in [1.807, 2.05) is 0 Å². The number of benzene rings is 2. The highest BCUT2D eigenvalue weighted by Crippen LogP contribution is 2.29. The molecule has 0 heterocycles. The zero-order valence-corrected chi connectivity index (χ0v) is 20.6. The van der Waals surface area contributed by atoms with Gasteiger partial charge >= 0.3 is 0 Å². The number of hydrazone groups is 1. The van der Waals surface area contributed by atoms with Crippen molar-refractivity contribution >= 4 is 51.0 Å². The molecule has 34 heavy (non-hydrogen) atoms. The number of guanidine groups is 1. The highest BCUT2D eigenvalue weighted by molar-refractivity contribution is 7.89. The van der Waals surface area contributed by atoms with Crippen molar-refractivity contribution in [3.63, 3.8) is 0 Å². The van der Waals surface area contributed by atoms with Crippen LogP contribution in [0, 0.1) is 0 Å². The summed E-state index contributed by atoms with van der Waals surface area (Å²) in [5.74, 6) is -2.19. The molecule has 0 spiro atoms. The molecule has 0 radical (unpaired) electrons. The van der Waals surface area contributed by atoms with E-state index >= 15 is 0 Å². The van der Waals surface area contributed by atoms with Gasteiger partial charge in [-0.3, -0.25) is 9.59 Å². The summed E-state index contributed by atoms with van der Waals surface area (Å²) in [7, 11) is -4.51. The van der Waals surface area contributed by atoms with Gasteiger partial charge in [0.05, 0.1) is 5.02 Å². The Labute approximate surface area is 208 Å². The monoisotopic (exact) mass is 528 g/mol. The first-order valence-corrected chi connectivity index (χ1v) is 12.4. The molecule has 0 aliphatic carbocycles. The lowest BCUT2D eigenvalue weighted by Crippen LogP contribution is -2.54. The second-order valence-corrected chi connectivity index (χ2v) is 9.94. The molecule has 0 aliphatic rings. The third-order valence-electron chi connectivity index (χ3n) is 4.71. The fourth-order valence-corrected chi connectivity index (χ4v) is 5.33. The van der Waals surface area contributed by atoms with Crippen LogP contribution in [-0.2, 0) is 26.0 Å². The number of sulfonamides is 1. The van der Waals surface area contributed by atoms with Crippen LogP contribution in [-0.4, -0.2) is 42.7 Å². The first-order chi connectivity index (χ1) is 16.0. The average molecular weight is 529 g/mol. The maximum absolute atomic E-state index is 13.4. The number of amides is 2. The van der Waals surface area contributed by atoms with E-state index in [0.717, 1.165) is 5.56 Å². The summed E-state index contributed by atoms with van der Waals surface area (Å²) in [4.78, 5) is 24.9. The minimum atomic E-state index is -4.51. The first-order valence-electron chi connectivity index (χ1n) is 10.2. The fraction of sp³-hybridized carbons (Fsp3) is 0.286. The van der Waals surface area contributed by atoms with Gasteiger partial charge in [0.2, 0.25) is 17.8 Å². The second kappa shape index (κ2) is 11.9. The lowest BCUT2D eigenvalue weighted by molar-refractivity contribution is -0.130. The zero-order chi connectivity index (χ0) is 25.5. The summed E-state index contributed by atoms with van der Waals surface area (Å²) in [6, 6.07) is 10.1. The van der Waals surface area contributed by atoms with Gasteiger partial charge < -0.3 is 22.5 Å². The Kier molecular flexibility index (Phi) is 9.54. The summed E-state index contributed by atoms with van der Waals surface area (Å²) in [6.45, 7) is 1.74. The predicted molar refractivity (Wildman–Crippen MR) is 131 cm³/mol. The highest BCUT2D eigenvalue weighted by atomic mass is 35.5. The Hall–Kier alpha value is -3.02. The van der Waals surface area contributed by atoms with Gasteiger partial charge in [-0.15, -0.1) is 5.10 Å². The van der Waals surface area contributed by atoms with E-state index in [1.165, 1.54) is 18.2 Å². The van der Waals surface area contributed by atoms with Crippen molar-refractivity contribution < 1.29 is 18.0 Å². The van der Waals surface area contributed by atoms with Crippen LogP contribution in [0.1, 0.15) is 25.3 Å². The largest absolute Gasteiger partial charge is 0.369 e. The number of nitrogens with zero attached hydrogens (tertiary/aromatic N) is 2. The van der Waals surface area contributed by atoms with E-state index in [4.69, 9.17) is 40.4 Å². The van der Waals surface area contributed by atoms with Crippen LogP contribution in [0.2, 0.25) is 10.0 Å². The number of hydrogen-bond donors (Lipinski definition) is 4. The van der Waals surface area contributed by atoms with Crippen molar-refractivity contribution in [1.82, 2.24) is 9.73 Å². The van der Waals surface area contributed by atoms with Crippen molar-refractivity contribution in [3.8, 4) is 0 Å². The molecule has 184 valence electrons. The van der Waals surface area contributed by atoms with Gasteiger partial charge in [0, 0.05) is 11.4 Å². The number of carbonyl (C=O) groups excluding carboxylic acids is 2. The van der Waals surface area contributed by atoms with Gasteiger partial charge in [-0.2, -0.15) is 12.8 Å². The van der Waals surface area contributed by atoms with E-state index < -0.39 is 39.9 Å². The normalized spacial score (nSPS) is 12.9. The van der Waals surface area contributed by atoms with Crippen molar-refractivity contribution in [2.24, 2.45) is 22.3 Å². The molecule has 0 unspecified atom stereocenters. The van der Waals surface area contributed by atoms with Crippen LogP contribution in [0.5, 0.6) is 0 Å². The van der Waals surface area contributed by atoms with Gasteiger partial charge in [0.1, 0.15) is 17.0 Å². The third-order valence-corrected chi connectivity index (χ3v) is 7.11. The molecule has 0 aromatic heterocycles. The summed E-state index contributed by atoms with van der Waals surface area (Å²) >= 11 is 12.0. The second-order valence-electron chi connectivity index (χ2n) is 7.33. The van der Waals surface area contributed by atoms with Crippen molar-refractivity contribution in [2.75, 3.05) is 0 Å². The Balaban J connectivity index is 2.46. The number of nitrogens with two attached hydrogens (primary N) is 3. The Bertz CT molecular complexity index is 1160. The van der Waals surface area contributed by atoms with E-state index in [0.29, 0.717) is 10.8 Å². The molecule has 7 N–H and O–H groups in total. The quantitative estimate of drug-likeness (QED) is 0.195. The molecule has 0 bridgehead atoms. The van der Waals surface area contributed by atoms with Crippen molar-refractivity contribution in [1.29, 1.82) is 0 Å². The molecule has 2 atom stereocenters. The van der Waals surface area contributed by atoms with Gasteiger partial charge in [0.15, 0.2) is 0 Å². The van der Waals surface area contributed by atoms with Crippen molar-refractivity contribution in [2.45, 2.75) is 43.2 Å². The third kappa shape index (κ3) is 6.99. The molecule has 0 fully saturated rings. The molecule has 0 saturated heterocycles. The molecule has 10 nitrogen and oxygen atoms in total. The van der Waals surface area contributed by atoms with Crippen LogP contribution >= 0.6 is 23.2 Å². The number of rotatable bonds is 11. The number of carbonyl (C=O) groups is 2. The van der Waals surface area contributed by atoms with Crippen LogP contribution in [0.25, 0.3) is 0 Å². The standard InChI is InChI=1S/C21H26Cl2N6O4S/c1-2-6-17(20(31)27-16(19(24)30)11-13-7-4-3-5-8-13)29(28-21(25)26)34(32,33)18-10-9-14(22)12-15(18)23/h3-5,7-10,12,16-17H,2,6,11H2,1H3,(H2,24,30)(H,27,31)(H4,25,26,28)/t16-,17-/m0/s1. The minimum Gasteiger partial charge on any atom is -0.369 e. The van der Waals surface area contributed by atoms with E-state index in [9.17, 15) is 18.0 Å². The van der Waals surface area contributed by atoms with E-state index in [1.54, 1.807) is 37.3 Å². The predicted octanol–water partition coefficient (Wildman–Crippen LogP) is 1.55. The first kappa shape index (κ1) is 27.2. The number of hydrogen-bond acceptors (Lipinski definition) is 5. The molecule has 2 amide bonds. The van der Waals surface area contributed by atoms with Crippen LogP contribution in [0.3, 0.4) is 0 Å². The molecular formula is C21H26Cl2N6O4S. The SMILES string of the molecule is CCC[C@@H](C(=O)N[C@@H](Cc1ccccc1)C(N)=O)N(N=C(N)N)S(=O)(=O)c1ccc(Cl)cc1Cl. The van der Waals surface area contributed by atoms with Gasteiger partial charge in [-0.05, 0) is 30.2 Å². The molecule has 13 heteroatoms. The molecular weight excluding hydrogens is 503 g/mol. The number of primary amides is 1. The minimum absolute atomic E-state index is 0.0316. The fourth-order valence-electron chi connectivity index (χ4n) is 3.15. The Morgan fingerprint density at radius 2 is 1.74 bits per heavy atom. The van der Waals surface area contributed by atoms with Crippen LogP contribution < -0.4 is 22.5 Å². The number of nitrogens with one attached hydrogen (secondary N) is 1. The van der Waals surface area contributed by atoms with Crippen molar-refractivity contribution in [3.05, 3.63) is 64.1 Å². The summed E-state index contributed by atoms with van der Waals surface area (Å²) < 4.78 is 27.4. The maximum atomic E-state index is 13.4. The molecule has 2 aromatic carbocycles. The molecule has 0 aliphatic heterocycles. The summed E-state index contributed by atoms with van der Waals surface area (Å²) in [5, 5.41) is 6.27. The lowest BCUT2D eigenvalue weighted by Gasteiger charge is -2.29. The zero-order valence-electron chi connectivity index (χ0n) is 18.3. The van der Waals surface area contributed by atoms with Gasteiger partial charge in [-0.25, -0.2) is 0 Å². The molecule has 0 saturated carbocycles. The van der Waals surface area contributed by atoms with E-state index in [-0.39, 0.29) is 27.8 Å². The number of halogens is 2. The van der Waals surface area contributed by atoms with Gasteiger partial charge in [0.25, 0.3) is 10.0 Å². The maximum Gasteiger partial charge on any atom is 0.281 e. The molecule has 2 aromatic rings. The smallest absolute Gasteiger partial charge is 0.281 e. The van der Waals surface area contributed by atoms with Gasteiger partial charge in [-0.1, -0.05) is 66.9 Å². The van der Waals surface area contributed by atoms with Crippen LogP contribution in [0.4, 0.5) is 0 Å². The highest BCUT2D eigenvalue weighted by Gasteiger charge is 2.37. The Morgan fingerprint density at radius 1 is 1.09 bits per heavy atom. The summed E-state index contributed by atoms with van der Waals surface area (Å²) in [6.07, 6.45) is 0.529. The molecule has 2 rings (SSSR count). The average Bonchev–Trinajstić information content (AvgIpc) is 2.75. The van der Waals surface area contributed by atoms with Crippen LogP contribution in [0.15, 0.2) is 58.5 Å².